The van der Waals surface area contributed by atoms with Crippen LogP contribution in [0.4, 0.5) is 0 Å². The number of imidazole rings is 1. The van der Waals surface area contributed by atoms with Crippen molar-refractivity contribution in [3.8, 4) is 0 Å². The number of carbonyl (C=O) groups is 4. The molecule has 40 heavy (non-hydrogen) atoms. The fourth-order valence-corrected chi connectivity index (χ4v) is 3.75. The molecule has 0 aliphatic rings. The third-order valence-corrected chi connectivity index (χ3v) is 5.87. The number of hydrogen-bond acceptors (Lipinski definition) is 8. The van der Waals surface area contributed by atoms with E-state index in [0.717, 1.165) is 0 Å². The van der Waals surface area contributed by atoms with Gasteiger partial charge in [-0.25, -0.2) is 9.78 Å². The summed E-state index contributed by atoms with van der Waals surface area (Å²) in [5, 5.41) is 26.7. The number of carboxylic acid groups (broad SMARTS) is 1. The highest BCUT2D eigenvalue weighted by Gasteiger charge is 2.32. The molecule has 0 aliphatic heterocycles. The van der Waals surface area contributed by atoms with E-state index in [1.165, 1.54) is 19.4 Å². The van der Waals surface area contributed by atoms with E-state index in [1.807, 2.05) is 0 Å². The summed E-state index contributed by atoms with van der Waals surface area (Å²) in [6, 6.07) is 3.79. The molecule has 218 valence electrons. The van der Waals surface area contributed by atoms with Gasteiger partial charge in [0.05, 0.1) is 18.5 Å². The number of nitrogens with two attached hydrogens (primary N) is 3. The first-order valence-corrected chi connectivity index (χ1v) is 12.6. The summed E-state index contributed by atoms with van der Waals surface area (Å²) in [6.07, 6.45) is 2.15. The van der Waals surface area contributed by atoms with Gasteiger partial charge in [-0.3, -0.25) is 19.4 Å². The lowest BCUT2D eigenvalue weighted by atomic mass is 10.0. The number of carbonyl (C=O) groups excluding carboxylic acids is 3. The molecular weight excluding hydrogens is 522 g/mol. The molecule has 5 atom stereocenters. The molecule has 2 rings (SSSR count). The van der Waals surface area contributed by atoms with Crippen molar-refractivity contribution in [2.24, 2.45) is 22.2 Å². The zero-order valence-corrected chi connectivity index (χ0v) is 22.1. The normalized spacial score (nSPS) is 14.6. The van der Waals surface area contributed by atoms with Gasteiger partial charge in [-0.1, -0.05) is 30.3 Å². The molecule has 1 aromatic carbocycles. The summed E-state index contributed by atoms with van der Waals surface area (Å²) in [5.74, 6) is -3.71. The average Bonchev–Trinajstić information content (AvgIpc) is 3.41. The lowest BCUT2D eigenvalue weighted by molar-refractivity contribution is -0.145. The first-order valence-electron chi connectivity index (χ1n) is 12.6. The number of nitrogens with zero attached hydrogens (tertiary/aromatic N) is 2. The van der Waals surface area contributed by atoms with Crippen molar-refractivity contribution in [3.63, 3.8) is 0 Å². The summed E-state index contributed by atoms with van der Waals surface area (Å²) in [5.41, 5.74) is 18.1. The standard InChI is InChI=1S/C25H37N9O6/c1-14(35)20(24(39)40)34-23(38)19(10-15-6-3-2-4-7-15)33-22(37)18(8-5-9-30-25(27)28)32-21(36)17(26)11-16-12-29-13-31-16/h2-4,6-7,12-14,17-20,35H,5,8-11,26H2,1H3,(H,29,31)(H,32,36)(H,33,37)(H,34,38)(H,39,40)(H4,27,28,30). The molecule has 12 N–H and O–H groups in total. The van der Waals surface area contributed by atoms with Crippen molar-refractivity contribution in [1.29, 1.82) is 0 Å². The smallest absolute Gasteiger partial charge is 0.328 e. The second kappa shape index (κ2) is 15.8. The first-order chi connectivity index (χ1) is 19.0. The van der Waals surface area contributed by atoms with Crippen molar-refractivity contribution in [3.05, 3.63) is 54.1 Å². The largest absolute Gasteiger partial charge is 0.480 e. The van der Waals surface area contributed by atoms with Gasteiger partial charge in [-0.2, -0.15) is 0 Å². The van der Waals surface area contributed by atoms with Crippen LogP contribution in [0.2, 0.25) is 0 Å². The van der Waals surface area contributed by atoms with Gasteiger partial charge in [-0.15, -0.1) is 0 Å². The molecule has 0 bridgehead atoms. The molecule has 5 unspecified atom stereocenters. The van der Waals surface area contributed by atoms with Crippen LogP contribution in [0.5, 0.6) is 0 Å². The topological polar surface area (TPSA) is 264 Å². The maximum Gasteiger partial charge on any atom is 0.328 e. The van der Waals surface area contributed by atoms with Crippen LogP contribution in [-0.4, -0.2) is 86.6 Å². The Balaban J connectivity index is 2.22. The third-order valence-electron chi connectivity index (χ3n) is 5.87. The van der Waals surface area contributed by atoms with Crippen LogP contribution in [0.3, 0.4) is 0 Å². The number of benzene rings is 1. The molecule has 1 heterocycles. The van der Waals surface area contributed by atoms with E-state index in [-0.39, 0.29) is 31.8 Å². The molecular formula is C25H37N9O6. The number of guanidine groups is 1. The van der Waals surface area contributed by atoms with Crippen molar-refractivity contribution in [2.45, 2.75) is 62.9 Å². The SMILES string of the molecule is CC(O)C(NC(=O)C(Cc1ccccc1)NC(=O)C(CCCN=C(N)N)NC(=O)C(N)Cc1cnc[nH]1)C(=O)O. The Labute approximate surface area is 231 Å². The van der Waals surface area contributed by atoms with Crippen molar-refractivity contribution in [1.82, 2.24) is 25.9 Å². The molecule has 15 heteroatoms. The molecule has 1 aromatic heterocycles. The average molecular weight is 560 g/mol. The zero-order chi connectivity index (χ0) is 29.7. The number of amides is 3. The lowest BCUT2D eigenvalue weighted by Crippen LogP contribution is -2.59. The van der Waals surface area contributed by atoms with Crippen LogP contribution < -0.4 is 33.2 Å². The van der Waals surface area contributed by atoms with Gasteiger partial charge in [-0.05, 0) is 25.3 Å². The summed E-state index contributed by atoms with van der Waals surface area (Å²) in [4.78, 5) is 61.5. The van der Waals surface area contributed by atoms with Gasteiger partial charge >= 0.3 is 5.97 Å². The molecule has 0 spiro atoms. The maximum atomic E-state index is 13.4. The number of aromatic amines is 1. The number of carboxylic acids is 1. The number of H-pyrrole nitrogens is 1. The minimum atomic E-state index is -1.60. The van der Waals surface area contributed by atoms with E-state index in [1.54, 1.807) is 30.3 Å². The molecule has 0 radical (unpaired) electrons. The van der Waals surface area contributed by atoms with E-state index in [2.05, 4.69) is 30.9 Å². The second-order valence-electron chi connectivity index (χ2n) is 9.21. The molecule has 2 aromatic rings. The van der Waals surface area contributed by atoms with Crippen LogP contribution in [0.1, 0.15) is 31.0 Å². The quantitative estimate of drug-likeness (QED) is 0.0592. The van der Waals surface area contributed by atoms with Crippen LogP contribution in [0, 0.1) is 0 Å². The van der Waals surface area contributed by atoms with Crippen LogP contribution in [0.25, 0.3) is 0 Å². The molecule has 0 fully saturated rings. The Morgan fingerprint density at radius 1 is 1.00 bits per heavy atom. The van der Waals surface area contributed by atoms with Gasteiger partial charge in [0, 0.05) is 31.3 Å². The fraction of sp³-hybridized carbons (Fsp3) is 0.440. The van der Waals surface area contributed by atoms with E-state index >= 15 is 0 Å². The molecule has 0 saturated heterocycles. The Morgan fingerprint density at radius 2 is 1.65 bits per heavy atom. The van der Waals surface area contributed by atoms with Crippen LogP contribution in [-0.2, 0) is 32.0 Å². The van der Waals surface area contributed by atoms with E-state index in [9.17, 15) is 29.4 Å². The second-order valence-corrected chi connectivity index (χ2v) is 9.21. The summed E-state index contributed by atoms with van der Waals surface area (Å²) in [7, 11) is 0. The van der Waals surface area contributed by atoms with Gasteiger partial charge in [0.1, 0.15) is 12.1 Å². The van der Waals surface area contributed by atoms with Gasteiger partial charge in [0.25, 0.3) is 0 Å². The minimum Gasteiger partial charge on any atom is -0.480 e. The predicted molar refractivity (Wildman–Crippen MR) is 145 cm³/mol. The number of aliphatic hydroxyl groups is 1. The highest BCUT2D eigenvalue weighted by atomic mass is 16.4. The summed E-state index contributed by atoms with van der Waals surface area (Å²) in [6.45, 7) is 1.41. The fourth-order valence-electron chi connectivity index (χ4n) is 3.75. The molecule has 0 saturated carbocycles. The number of rotatable bonds is 16. The molecule has 15 nitrogen and oxygen atoms in total. The van der Waals surface area contributed by atoms with Crippen molar-refractivity contribution in [2.75, 3.05) is 6.54 Å². The number of aromatic nitrogens is 2. The molecule has 0 aliphatic carbocycles. The number of aliphatic carboxylic acids is 1. The predicted octanol–water partition coefficient (Wildman–Crippen LogP) is -2.50. The summed E-state index contributed by atoms with van der Waals surface area (Å²) < 4.78 is 0. The monoisotopic (exact) mass is 559 g/mol. The highest BCUT2D eigenvalue weighted by Crippen LogP contribution is 2.07. The van der Waals surface area contributed by atoms with E-state index in [0.29, 0.717) is 17.7 Å². The maximum absolute atomic E-state index is 13.4. The number of hydrogen-bond donors (Lipinski definition) is 9. The summed E-state index contributed by atoms with van der Waals surface area (Å²) >= 11 is 0. The van der Waals surface area contributed by atoms with Crippen molar-refractivity contribution < 1.29 is 29.4 Å². The molecule has 3 amide bonds. The number of aliphatic imine (C=N–C) groups is 1. The third kappa shape index (κ3) is 10.7. The van der Waals surface area contributed by atoms with Gasteiger partial charge in [0.2, 0.25) is 17.7 Å². The van der Waals surface area contributed by atoms with E-state index in [4.69, 9.17) is 17.2 Å². The Morgan fingerprint density at radius 3 is 2.23 bits per heavy atom. The van der Waals surface area contributed by atoms with Gasteiger partial charge in [0.15, 0.2) is 12.0 Å². The Kier molecular flexibility index (Phi) is 12.5. The van der Waals surface area contributed by atoms with Crippen LogP contribution in [0.15, 0.2) is 47.8 Å². The Hall–Kier alpha value is -4.50. The highest BCUT2D eigenvalue weighted by molar-refractivity contribution is 5.94. The van der Waals surface area contributed by atoms with Crippen molar-refractivity contribution >= 4 is 29.7 Å². The number of aliphatic hydroxyl groups excluding tert-OH is 1. The number of nitrogens with one attached hydrogen (secondary N) is 4. The van der Waals surface area contributed by atoms with Crippen LogP contribution >= 0.6 is 0 Å². The minimum absolute atomic E-state index is 0.0125. The van der Waals surface area contributed by atoms with Gasteiger partial charge < -0.3 is 48.3 Å². The first kappa shape index (κ1) is 31.7. The Bertz CT molecular complexity index is 1140. The van der Waals surface area contributed by atoms with E-state index < -0.39 is 54.0 Å². The zero-order valence-electron chi connectivity index (χ0n) is 22.1. The lowest BCUT2D eigenvalue weighted by Gasteiger charge is -2.26.